The first kappa shape index (κ1) is 13.6. The number of carbonyl (C=O) groups is 1. The summed E-state index contributed by atoms with van der Waals surface area (Å²) in [7, 11) is 1.33. The lowest BCUT2D eigenvalue weighted by Crippen LogP contribution is -2.02. The lowest BCUT2D eigenvalue weighted by atomic mass is 10.4. The number of aromatic nitrogens is 4. The van der Waals surface area contributed by atoms with E-state index in [2.05, 4.69) is 20.0 Å². The Bertz CT molecular complexity index is 564. The Labute approximate surface area is 114 Å². The van der Waals surface area contributed by atoms with Gasteiger partial charge in [0.15, 0.2) is 0 Å². The molecule has 19 heavy (non-hydrogen) atoms. The molecule has 0 spiro atoms. The topological polar surface area (TPSA) is 83.0 Å². The Morgan fingerprint density at radius 3 is 2.95 bits per heavy atom. The van der Waals surface area contributed by atoms with Crippen LogP contribution in [0.3, 0.4) is 0 Å². The molecular formula is C11H14N4O3S. The Hall–Kier alpha value is -1.83. The molecule has 0 aromatic carbocycles. The Balaban J connectivity index is 2.05. The van der Waals surface area contributed by atoms with E-state index >= 15 is 0 Å². The molecule has 2 aromatic heterocycles. The second kappa shape index (κ2) is 5.87. The third kappa shape index (κ3) is 3.34. The molecule has 8 heteroatoms. The fourth-order valence-corrected chi connectivity index (χ4v) is 1.89. The van der Waals surface area contributed by atoms with Gasteiger partial charge in [-0.15, -0.1) is 10.2 Å². The minimum atomic E-state index is -0.339. The largest absolute Gasteiger partial charge is 0.468 e. The Kier molecular flexibility index (Phi) is 4.20. The van der Waals surface area contributed by atoms with E-state index in [4.69, 9.17) is 4.42 Å². The van der Waals surface area contributed by atoms with Gasteiger partial charge >= 0.3 is 5.97 Å². The molecule has 0 atom stereocenters. The predicted octanol–water partition coefficient (Wildman–Crippen LogP) is 1.78. The van der Waals surface area contributed by atoms with Crippen LogP contribution in [0.5, 0.6) is 0 Å². The predicted molar refractivity (Wildman–Crippen MR) is 68.6 cm³/mol. The molecule has 102 valence electrons. The van der Waals surface area contributed by atoms with Gasteiger partial charge in [-0.05, 0) is 19.9 Å². The van der Waals surface area contributed by atoms with Crippen LogP contribution in [-0.4, -0.2) is 38.8 Å². The zero-order chi connectivity index (χ0) is 13.8. The average molecular weight is 282 g/mol. The van der Waals surface area contributed by atoms with Crippen LogP contribution < -0.4 is 0 Å². The molecule has 0 saturated carbocycles. The van der Waals surface area contributed by atoms with Crippen molar-refractivity contribution in [2.75, 3.05) is 12.9 Å². The van der Waals surface area contributed by atoms with Crippen molar-refractivity contribution in [1.29, 1.82) is 0 Å². The summed E-state index contributed by atoms with van der Waals surface area (Å²) >= 11 is 1.13. The smallest absolute Gasteiger partial charge is 0.316 e. The molecule has 0 bridgehead atoms. The van der Waals surface area contributed by atoms with Crippen molar-refractivity contribution in [2.45, 2.75) is 25.1 Å². The molecule has 0 fully saturated rings. The molecule has 0 radical (unpaired) electrons. The van der Waals surface area contributed by atoms with E-state index in [-0.39, 0.29) is 17.8 Å². The molecule has 0 saturated heterocycles. The first-order valence-corrected chi connectivity index (χ1v) is 6.67. The van der Waals surface area contributed by atoms with E-state index in [1.54, 1.807) is 4.68 Å². The number of nitrogens with zero attached hydrogens (tertiary/aromatic N) is 4. The Morgan fingerprint density at radius 2 is 2.32 bits per heavy atom. The molecule has 0 aliphatic carbocycles. The molecule has 0 unspecified atom stereocenters. The highest BCUT2D eigenvalue weighted by Gasteiger charge is 2.13. The molecule has 0 amide bonds. The fraction of sp³-hybridized carbons (Fsp3) is 0.455. The third-order valence-corrected chi connectivity index (χ3v) is 3.10. The number of carbonyl (C=O) groups excluding carboxylic acids is 1. The standard InChI is InChI=1S/C11H14N4O3S/c1-7(2)15-5-4-8(14-15)10-12-13-11(18-10)19-6-9(16)17-3/h4-5,7H,6H2,1-3H3. The second-order valence-corrected chi connectivity index (χ2v) is 4.94. The van der Waals surface area contributed by atoms with Crippen molar-refractivity contribution >= 4 is 17.7 Å². The number of ether oxygens (including phenoxy) is 1. The SMILES string of the molecule is COC(=O)CSc1nnc(-c2ccn(C(C)C)n2)o1. The Morgan fingerprint density at radius 1 is 1.53 bits per heavy atom. The third-order valence-electron chi connectivity index (χ3n) is 2.30. The highest BCUT2D eigenvalue weighted by Crippen LogP contribution is 2.22. The molecule has 2 aromatic rings. The van der Waals surface area contributed by atoms with Gasteiger partial charge in [-0.25, -0.2) is 0 Å². The minimum absolute atomic E-state index is 0.137. The van der Waals surface area contributed by atoms with E-state index in [9.17, 15) is 4.79 Å². The summed E-state index contributed by atoms with van der Waals surface area (Å²) in [5, 5.41) is 12.4. The maximum atomic E-state index is 11.0. The summed E-state index contributed by atoms with van der Waals surface area (Å²) in [6.07, 6.45) is 1.85. The maximum absolute atomic E-state index is 11.0. The molecule has 7 nitrogen and oxygen atoms in total. The van der Waals surface area contributed by atoms with Gasteiger partial charge in [0.25, 0.3) is 11.1 Å². The van der Waals surface area contributed by atoms with E-state index in [1.807, 2.05) is 26.1 Å². The zero-order valence-electron chi connectivity index (χ0n) is 10.9. The van der Waals surface area contributed by atoms with E-state index < -0.39 is 0 Å². The number of hydrogen-bond donors (Lipinski definition) is 0. The van der Waals surface area contributed by atoms with Crippen LogP contribution in [0.25, 0.3) is 11.6 Å². The highest BCUT2D eigenvalue weighted by molar-refractivity contribution is 7.99. The molecule has 0 aliphatic heterocycles. The number of rotatable bonds is 5. The average Bonchev–Trinajstić information content (AvgIpc) is 3.04. The van der Waals surface area contributed by atoms with Gasteiger partial charge in [0.2, 0.25) is 0 Å². The molecule has 0 N–H and O–H groups in total. The van der Waals surface area contributed by atoms with Crippen LogP contribution in [-0.2, 0) is 9.53 Å². The van der Waals surface area contributed by atoms with Gasteiger partial charge in [-0.2, -0.15) is 5.10 Å². The van der Waals surface area contributed by atoms with Crippen LogP contribution in [0.15, 0.2) is 21.9 Å². The number of thioether (sulfide) groups is 1. The lowest BCUT2D eigenvalue weighted by molar-refractivity contribution is -0.137. The summed E-state index contributed by atoms with van der Waals surface area (Å²) in [4.78, 5) is 11.0. The maximum Gasteiger partial charge on any atom is 0.316 e. The second-order valence-electron chi connectivity index (χ2n) is 4.01. The monoisotopic (exact) mass is 282 g/mol. The molecular weight excluding hydrogens is 268 g/mol. The summed E-state index contributed by atoms with van der Waals surface area (Å²) in [5.41, 5.74) is 0.617. The highest BCUT2D eigenvalue weighted by atomic mass is 32.2. The number of esters is 1. The van der Waals surface area contributed by atoms with Crippen molar-refractivity contribution < 1.29 is 13.9 Å². The first-order valence-electron chi connectivity index (χ1n) is 5.69. The quantitative estimate of drug-likeness (QED) is 0.610. The van der Waals surface area contributed by atoms with Crippen molar-refractivity contribution in [3.8, 4) is 11.6 Å². The first-order chi connectivity index (χ1) is 9.10. The van der Waals surface area contributed by atoms with Crippen LogP contribution in [0.4, 0.5) is 0 Å². The minimum Gasteiger partial charge on any atom is -0.468 e. The van der Waals surface area contributed by atoms with Gasteiger partial charge in [0.1, 0.15) is 11.4 Å². The number of methoxy groups -OCH3 is 1. The van der Waals surface area contributed by atoms with Crippen LogP contribution in [0.2, 0.25) is 0 Å². The van der Waals surface area contributed by atoms with Crippen LogP contribution in [0, 0.1) is 0 Å². The van der Waals surface area contributed by atoms with Gasteiger partial charge in [-0.3, -0.25) is 9.48 Å². The van der Waals surface area contributed by atoms with Gasteiger partial charge < -0.3 is 9.15 Å². The molecule has 2 heterocycles. The van der Waals surface area contributed by atoms with Crippen molar-refractivity contribution in [2.24, 2.45) is 0 Å². The van der Waals surface area contributed by atoms with Crippen LogP contribution in [0.1, 0.15) is 19.9 Å². The summed E-state index contributed by atoms with van der Waals surface area (Å²) in [5.74, 6) is 0.138. The summed E-state index contributed by atoms with van der Waals surface area (Å²) in [6.45, 7) is 4.06. The summed E-state index contributed by atoms with van der Waals surface area (Å²) in [6, 6.07) is 2.08. The van der Waals surface area contributed by atoms with Crippen molar-refractivity contribution in [1.82, 2.24) is 20.0 Å². The lowest BCUT2D eigenvalue weighted by Gasteiger charge is -2.02. The fourth-order valence-electron chi connectivity index (χ4n) is 1.29. The summed E-state index contributed by atoms with van der Waals surface area (Å²) < 4.78 is 11.7. The van der Waals surface area contributed by atoms with Gasteiger partial charge in [0, 0.05) is 12.2 Å². The molecule has 2 rings (SSSR count). The van der Waals surface area contributed by atoms with E-state index in [0.717, 1.165) is 11.8 Å². The van der Waals surface area contributed by atoms with E-state index in [1.165, 1.54) is 7.11 Å². The number of hydrogen-bond acceptors (Lipinski definition) is 7. The van der Waals surface area contributed by atoms with Crippen molar-refractivity contribution in [3.63, 3.8) is 0 Å². The zero-order valence-corrected chi connectivity index (χ0v) is 11.7. The van der Waals surface area contributed by atoms with E-state index in [0.29, 0.717) is 16.8 Å². The van der Waals surface area contributed by atoms with Gasteiger partial charge in [-0.1, -0.05) is 11.8 Å². The van der Waals surface area contributed by atoms with Crippen LogP contribution >= 0.6 is 11.8 Å². The van der Waals surface area contributed by atoms with Crippen molar-refractivity contribution in [3.05, 3.63) is 12.3 Å². The normalized spacial score (nSPS) is 10.9. The molecule has 0 aliphatic rings. The van der Waals surface area contributed by atoms with Gasteiger partial charge in [0.05, 0.1) is 7.11 Å².